The molecule has 0 fully saturated rings. The second kappa shape index (κ2) is 21.2. The lowest BCUT2D eigenvalue weighted by atomic mass is 10.1. The highest BCUT2D eigenvalue weighted by Gasteiger charge is 2.51. The monoisotopic (exact) mass is 847 g/mol. The molecule has 0 bridgehead atoms. The Morgan fingerprint density at radius 2 is 0.869 bits per heavy atom. The van der Waals surface area contributed by atoms with Gasteiger partial charge in [-0.15, -0.1) is 0 Å². The standard InChI is InChI=1S/C54H65NO4Si2/c1-53(2,3)60(48-28-14-8-15-29-48,49-30-16-9-17-31-49)58-40-24-22-38-55(47-37-36-46(43-56)52(42-47)57-44-45-26-12-7-13-27-45)39-23-25-41-59-61(54(4,5)6,50-32-18-10-19-33-50)51-34-20-11-21-35-51/h7-21,26-37,42-43H,22-25,38-41,44H2,1-6H3. The summed E-state index contributed by atoms with van der Waals surface area (Å²) in [5.41, 5.74) is 2.66. The van der Waals surface area contributed by atoms with Crippen molar-refractivity contribution in [3.05, 3.63) is 181 Å². The highest BCUT2D eigenvalue weighted by molar-refractivity contribution is 7.00. The molecule has 6 aromatic rings. The van der Waals surface area contributed by atoms with Crippen molar-refractivity contribution < 1.29 is 18.4 Å². The summed E-state index contributed by atoms with van der Waals surface area (Å²) >= 11 is 0. The van der Waals surface area contributed by atoms with Crippen LogP contribution in [0.4, 0.5) is 5.69 Å². The number of hydrogen-bond donors (Lipinski definition) is 0. The molecule has 6 rings (SSSR count). The van der Waals surface area contributed by atoms with Gasteiger partial charge in [-0.2, -0.15) is 0 Å². The summed E-state index contributed by atoms with van der Waals surface area (Å²) in [6, 6.07) is 59.6. The largest absolute Gasteiger partial charge is 0.488 e. The Bertz CT molecular complexity index is 2020. The molecule has 0 aliphatic heterocycles. The number of ether oxygens (including phenoxy) is 1. The van der Waals surface area contributed by atoms with E-state index in [0.717, 1.165) is 56.3 Å². The van der Waals surface area contributed by atoms with Crippen molar-refractivity contribution in [3.63, 3.8) is 0 Å². The summed E-state index contributed by atoms with van der Waals surface area (Å²) in [7, 11) is -5.26. The van der Waals surface area contributed by atoms with Gasteiger partial charge in [-0.25, -0.2) is 0 Å². The van der Waals surface area contributed by atoms with Crippen LogP contribution in [0.2, 0.25) is 10.1 Å². The van der Waals surface area contributed by atoms with E-state index in [0.29, 0.717) is 31.1 Å². The number of carbonyl (C=O) groups is 1. The van der Waals surface area contributed by atoms with E-state index in [-0.39, 0.29) is 10.1 Å². The normalized spacial score (nSPS) is 12.2. The SMILES string of the molecule is CC(C)(C)[Si](OCCCCN(CCCCO[Si](c1ccccc1)(c1ccccc1)C(C)(C)C)c1ccc(C=O)c(OCc2ccccc2)c1)(c1ccccc1)c1ccccc1. The van der Waals surface area contributed by atoms with E-state index in [1.54, 1.807) is 0 Å². The average molecular weight is 848 g/mol. The fourth-order valence-corrected chi connectivity index (χ4v) is 18.0. The van der Waals surface area contributed by atoms with Crippen molar-refractivity contribution in [1.29, 1.82) is 0 Å². The van der Waals surface area contributed by atoms with Gasteiger partial charge in [0.05, 0.1) is 5.56 Å². The third-order valence-corrected chi connectivity index (χ3v) is 21.9. The van der Waals surface area contributed by atoms with Crippen LogP contribution in [0.1, 0.15) is 83.1 Å². The quantitative estimate of drug-likeness (QED) is 0.0410. The van der Waals surface area contributed by atoms with E-state index in [1.165, 1.54) is 20.7 Å². The number of hydrogen-bond acceptors (Lipinski definition) is 5. The van der Waals surface area contributed by atoms with Crippen LogP contribution in [-0.2, 0) is 15.5 Å². The molecule has 0 spiro atoms. The van der Waals surface area contributed by atoms with E-state index in [4.69, 9.17) is 13.6 Å². The zero-order chi connectivity index (χ0) is 43.2. The number of nitrogens with zero attached hydrogens (tertiary/aromatic N) is 1. The van der Waals surface area contributed by atoms with Crippen molar-refractivity contribution in [2.24, 2.45) is 0 Å². The minimum atomic E-state index is -2.63. The Hall–Kier alpha value is -5.06. The van der Waals surface area contributed by atoms with Crippen molar-refractivity contribution >= 4 is 49.4 Å². The number of rotatable bonds is 21. The molecule has 61 heavy (non-hydrogen) atoms. The molecule has 7 heteroatoms. The van der Waals surface area contributed by atoms with Gasteiger partial charge in [0.15, 0.2) is 6.29 Å². The predicted molar refractivity (Wildman–Crippen MR) is 260 cm³/mol. The zero-order valence-corrected chi connectivity index (χ0v) is 39.2. The van der Waals surface area contributed by atoms with Gasteiger partial charge in [-0.3, -0.25) is 4.79 Å². The molecule has 0 N–H and O–H groups in total. The second-order valence-electron chi connectivity index (χ2n) is 18.0. The Morgan fingerprint density at radius 1 is 0.492 bits per heavy atom. The van der Waals surface area contributed by atoms with E-state index < -0.39 is 16.6 Å². The summed E-state index contributed by atoms with van der Waals surface area (Å²) in [5, 5.41) is 5.05. The maximum atomic E-state index is 12.2. The first-order valence-corrected chi connectivity index (χ1v) is 25.8. The molecule has 0 amide bonds. The number of unbranched alkanes of at least 4 members (excludes halogenated alkanes) is 2. The summed E-state index contributed by atoms with van der Waals surface area (Å²) in [5.74, 6) is 0.603. The molecule has 6 aromatic carbocycles. The molecule has 0 radical (unpaired) electrons. The number of aldehydes is 1. The molecule has 0 aromatic heterocycles. The molecule has 0 saturated carbocycles. The fourth-order valence-electron chi connectivity index (χ4n) is 8.83. The van der Waals surface area contributed by atoms with Gasteiger partial charge in [-0.05, 0) is 74.2 Å². The first kappa shape index (κ1) is 45.5. The highest BCUT2D eigenvalue weighted by Crippen LogP contribution is 2.38. The first-order valence-electron chi connectivity index (χ1n) is 22.0. The van der Waals surface area contributed by atoms with Gasteiger partial charge in [0, 0.05) is 38.1 Å². The van der Waals surface area contributed by atoms with Gasteiger partial charge >= 0.3 is 0 Å². The molecule has 0 heterocycles. The molecule has 0 aliphatic carbocycles. The van der Waals surface area contributed by atoms with E-state index in [2.05, 4.69) is 174 Å². The minimum Gasteiger partial charge on any atom is -0.488 e. The van der Waals surface area contributed by atoms with Crippen LogP contribution in [0.25, 0.3) is 0 Å². The first-order chi connectivity index (χ1) is 29.5. The fraction of sp³-hybridized carbons (Fsp3) is 0.315. The van der Waals surface area contributed by atoms with Crippen LogP contribution in [-0.4, -0.2) is 49.2 Å². The Kier molecular flexibility index (Phi) is 15.8. The highest BCUT2D eigenvalue weighted by atomic mass is 28.4. The third-order valence-electron chi connectivity index (χ3n) is 11.8. The van der Waals surface area contributed by atoms with Gasteiger partial charge in [0.25, 0.3) is 16.6 Å². The maximum absolute atomic E-state index is 12.2. The van der Waals surface area contributed by atoms with Gasteiger partial charge in [-0.1, -0.05) is 193 Å². The summed E-state index contributed by atoms with van der Waals surface area (Å²) < 4.78 is 20.9. The molecule has 0 atom stereocenters. The Morgan fingerprint density at radius 3 is 1.23 bits per heavy atom. The minimum absolute atomic E-state index is 0.0747. The molecular weight excluding hydrogens is 783 g/mol. The molecule has 5 nitrogen and oxygen atoms in total. The molecular formula is C54H65NO4Si2. The Balaban J connectivity index is 1.20. The van der Waals surface area contributed by atoms with Crippen LogP contribution in [0.3, 0.4) is 0 Å². The summed E-state index contributed by atoms with van der Waals surface area (Å²) in [6.45, 7) is 17.4. The smallest absolute Gasteiger partial charge is 0.261 e. The summed E-state index contributed by atoms with van der Waals surface area (Å²) in [4.78, 5) is 14.7. The number of benzene rings is 6. The van der Waals surface area contributed by atoms with Gasteiger partial charge in [0.2, 0.25) is 0 Å². The lowest BCUT2D eigenvalue weighted by molar-refractivity contribution is 0.111. The van der Waals surface area contributed by atoms with E-state index in [9.17, 15) is 4.79 Å². The van der Waals surface area contributed by atoms with E-state index >= 15 is 0 Å². The van der Waals surface area contributed by atoms with Gasteiger partial charge < -0.3 is 18.5 Å². The number of anilines is 1. The van der Waals surface area contributed by atoms with Crippen molar-refractivity contribution in [3.8, 4) is 5.75 Å². The van der Waals surface area contributed by atoms with E-state index in [1.807, 2.05) is 42.5 Å². The molecule has 318 valence electrons. The number of carbonyl (C=O) groups excluding carboxylic acids is 1. The van der Waals surface area contributed by atoms with Crippen LogP contribution in [0.5, 0.6) is 5.75 Å². The second-order valence-corrected chi connectivity index (χ2v) is 26.7. The lowest BCUT2D eigenvalue weighted by Crippen LogP contribution is -2.66. The maximum Gasteiger partial charge on any atom is 0.261 e. The van der Waals surface area contributed by atoms with Crippen LogP contribution >= 0.6 is 0 Å². The molecule has 0 unspecified atom stereocenters. The summed E-state index contributed by atoms with van der Waals surface area (Å²) in [6.07, 6.45) is 4.63. The van der Waals surface area contributed by atoms with Crippen LogP contribution in [0.15, 0.2) is 170 Å². The van der Waals surface area contributed by atoms with Crippen molar-refractivity contribution in [2.75, 3.05) is 31.2 Å². The predicted octanol–water partition coefficient (Wildman–Crippen LogP) is 10.6. The third kappa shape index (κ3) is 10.9. The zero-order valence-electron chi connectivity index (χ0n) is 37.2. The van der Waals surface area contributed by atoms with Crippen LogP contribution in [0, 0.1) is 0 Å². The van der Waals surface area contributed by atoms with Gasteiger partial charge in [0.1, 0.15) is 12.4 Å². The Labute approximate surface area is 368 Å². The van der Waals surface area contributed by atoms with Crippen molar-refractivity contribution in [2.45, 2.75) is 83.9 Å². The van der Waals surface area contributed by atoms with Crippen molar-refractivity contribution in [1.82, 2.24) is 0 Å². The average Bonchev–Trinajstić information content (AvgIpc) is 3.28. The van der Waals surface area contributed by atoms with Crippen LogP contribution < -0.4 is 30.4 Å². The molecule has 0 aliphatic rings. The topological polar surface area (TPSA) is 48.0 Å². The molecule has 0 saturated heterocycles. The lowest BCUT2D eigenvalue weighted by Gasteiger charge is -2.43.